The van der Waals surface area contributed by atoms with Crippen molar-refractivity contribution in [2.45, 2.75) is 24.6 Å². The molecule has 114 valence electrons. The van der Waals surface area contributed by atoms with Crippen molar-refractivity contribution < 1.29 is 17.2 Å². The van der Waals surface area contributed by atoms with Crippen molar-refractivity contribution in [3.05, 3.63) is 53.5 Å². The van der Waals surface area contributed by atoms with Crippen LogP contribution in [0, 0.1) is 5.82 Å². The van der Waals surface area contributed by atoms with Gasteiger partial charge in [-0.25, -0.2) is 17.5 Å². The van der Waals surface area contributed by atoms with Gasteiger partial charge in [-0.3, -0.25) is 0 Å². The van der Waals surface area contributed by atoms with Gasteiger partial charge >= 0.3 is 0 Å². The Labute approximate surface area is 123 Å². The number of benzene rings is 1. The zero-order valence-corrected chi connectivity index (χ0v) is 12.6. The molecule has 0 fully saturated rings. The summed E-state index contributed by atoms with van der Waals surface area (Å²) in [6, 6.07) is 8.29. The van der Waals surface area contributed by atoms with Gasteiger partial charge < -0.3 is 9.73 Å². The maximum Gasteiger partial charge on any atom is 0.274 e. The van der Waals surface area contributed by atoms with E-state index in [2.05, 4.69) is 10.0 Å². The van der Waals surface area contributed by atoms with Gasteiger partial charge in [-0.1, -0.05) is 18.2 Å². The molecule has 0 spiro atoms. The van der Waals surface area contributed by atoms with Gasteiger partial charge in [0.05, 0.1) is 6.54 Å². The van der Waals surface area contributed by atoms with Gasteiger partial charge in [0, 0.05) is 11.6 Å². The maximum absolute atomic E-state index is 13.7. The molecule has 0 saturated heterocycles. The summed E-state index contributed by atoms with van der Waals surface area (Å²) in [5, 5.41) is 2.68. The SMILES string of the molecule is CNCc1ccc(S(=O)(=O)NC(C)c2ccccc2F)o1. The Bertz CT molecular complexity index is 713. The van der Waals surface area contributed by atoms with E-state index in [1.165, 1.54) is 18.2 Å². The van der Waals surface area contributed by atoms with Crippen LogP contribution in [-0.2, 0) is 16.6 Å². The molecule has 5 nitrogen and oxygen atoms in total. The minimum absolute atomic E-state index is 0.184. The quantitative estimate of drug-likeness (QED) is 0.857. The highest BCUT2D eigenvalue weighted by Gasteiger charge is 2.23. The molecule has 7 heteroatoms. The lowest BCUT2D eigenvalue weighted by Gasteiger charge is -2.14. The van der Waals surface area contributed by atoms with Crippen LogP contribution in [0.15, 0.2) is 45.9 Å². The number of nitrogens with one attached hydrogen (secondary N) is 2. The molecule has 2 aromatic rings. The molecule has 0 radical (unpaired) electrons. The molecule has 2 rings (SSSR count). The summed E-state index contributed by atoms with van der Waals surface area (Å²) in [6.45, 7) is 2.01. The van der Waals surface area contributed by atoms with E-state index in [4.69, 9.17) is 4.42 Å². The predicted molar refractivity (Wildman–Crippen MR) is 76.6 cm³/mol. The van der Waals surface area contributed by atoms with E-state index in [-0.39, 0.29) is 10.7 Å². The maximum atomic E-state index is 13.7. The smallest absolute Gasteiger partial charge is 0.274 e. The van der Waals surface area contributed by atoms with Crippen LogP contribution in [0.3, 0.4) is 0 Å². The second kappa shape index (κ2) is 6.38. The van der Waals surface area contributed by atoms with Gasteiger partial charge in [0.1, 0.15) is 11.6 Å². The van der Waals surface area contributed by atoms with Crippen molar-refractivity contribution in [2.24, 2.45) is 0 Å². The fraction of sp³-hybridized carbons (Fsp3) is 0.286. The number of hydrogen-bond donors (Lipinski definition) is 2. The van der Waals surface area contributed by atoms with Crippen LogP contribution in [0.2, 0.25) is 0 Å². The average Bonchev–Trinajstić information content (AvgIpc) is 2.88. The number of furan rings is 1. The van der Waals surface area contributed by atoms with E-state index in [0.29, 0.717) is 12.3 Å². The van der Waals surface area contributed by atoms with Crippen molar-refractivity contribution in [2.75, 3.05) is 7.05 Å². The number of halogens is 1. The molecule has 1 atom stereocenters. The first-order valence-corrected chi connectivity index (χ1v) is 7.92. The molecule has 1 aromatic carbocycles. The van der Waals surface area contributed by atoms with Crippen molar-refractivity contribution in [1.82, 2.24) is 10.0 Å². The molecule has 0 amide bonds. The molecule has 0 aliphatic carbocycles. The molecule has 1 aromatic heterocycles. The van der Waals surface area contributed by atoms with Crippen LogP contribution in [0.25, 0.3) is 0 Å². The Kier molecular flexibility index (Phi) is 4.76. The van der Waals surface area contributed by atoms with Gasteiger partial charge in [0.15, 0.2) is 0 Å². The van der Waals surface area contributed by atoms with E-state index in [0.717, 1.165) is 0 Å². The third-order valence-corrected chi connectivity index (χ3v) is 4.37. The highest BCUT2D eigenvalue weighted by Crippen LogP contribution is 2.20. The molecule has 0 bridgehead atoms. The summed E-state index contributed by atoms with van der Waals surface area (Å²) in [4.78, 5) is 0. The standard InChI is InChI=1S/C14H17FN2O3S/c1-10(12-5-3-4-6-13(12)15)17-21(18,19)14-8-7-11(20-14)9-16-2/h3-8,10,16-17H,9H2,1-2H3. The van der Waals surface area contributed by atoms with E-state index < -0.39 is 21.9 Å². The van der Waals surface area contributed by atoms with Gasteiger partial charge in [-0.05, 0) is 32.2 Å². The van der Waals surface area contributed by atoms with Gasteiger partial charge in [-0.15, -0.1) is 0 Å². The summed E-state index contributed by atoms with van der Waals surface area (Å²) in [7, 11) is -2.10. The lowest BCUT2D eigenvalue weighted by molar-refractivity contribution is 0.402. The summed E-state index contributed by atoms with van der Waals surface area (Å²) >= 11 is 0. The Morgan fingerprint density at radius 2 is 1.95 bits per heavy atom. The first-order valence-electron chi connectivity index (χ1n) is 6.44. The fourth-order valence-corrected chi connectivity index (χ4v) is 3.12. The molecular formula is C14H17FN2O3S. The average molecular weight is 312 g/mol. The largest absolute Gasteiger partial charge is 0.447 e. The van der Waals surface area contributed by atoms with Gasteiger partial charge in [0.2, 0.25) is 5.09 Å². The van der Waals surface area contributed by atoms with Crippen molar-refractivity contribution >= 4 is 10.0 Å². The zero-order valence-electron chi connectivity index (χ0n) is 11.8. The van der Waals surface area contributed by atoms with Crippen LogP contribution in [-0.4, -0.2) is 15.5 Å². The molecular weight excluding hydrogens is 295 g/mol. The third-order valence-electron chi connectivity index (χ3n) is 2.96. The number of sulfonamides is 1. The Hall–Kier alpha value is -1.70. The number of rotatable bonds is 6. The van der Waals surface area contributed by atoms with E-state index >= 15 is 0 Å². The van der Waals surface area contributed by atoms with Crippen LogP contribution in [0.5, 0.6) is 0 Å². The van der Waals surface area contributed by atoms with Crippen LogP contribution < -0.4 is 10.0 Å². The van der Waals surface area contributed by atoms with Crippen molar-refractivity contribution in [3.8, 4) is 0 Å². The van der Waals surface area contributed by atoms with Crippen LogP contribution >= 0.6 is 0 Å². The minimum atomic E-state index is -3.83. The number of hydrogen-bond acceptors (Lipinski definition) is 4. The molecule has 0 saturated carbocycles. The highest BCUT2D eigenvalue weighted by atomic mass is 32.2. The summed E-state index contributed by atoms with van der Waals surface area (Å²) in [5.41, 5.74) is 0.281. The van der Waals surface area contributed by atoms with Crippen LogP contribution in [0.1, 0.15) is 24.3 Å². The topological polar surface area (TPSA) is 71.3 Å². The molecule has 0 aliphatic rings. The lowest BCUT2D eigenvalue weighted by Crippen LogP contribution is -2.27. The van der Waals surface area contributed by atoms with E-state index in [1.807, 2.05) is 0 Å². The molecule has 1 unspecified atom stereocenters. The second-order valence-corrected chi connectivity index (χ2v) is 6.26. The third kappa shape index (κ3) is 3.69. The predicted octanol–water partition coefficient (Wildman–Crippen LogP) is 2.18. The normalized spacial score (nSPS) is 13.3. The van der Waals surface area contributed by atoms with Crippen LogP contribution in [0.4, 0.5) is 4.39 Å². The van der Waals surface area contributed by atoms with Gasteiger partial charge in [-0.2, -0.15) is 0 Å². The first kappa shape index (κ1) is 15.7. The minimum Gasteiger partial charge on any atom is -0.447 e. The monoisotopic (exact) mass is 312 g/mol. The van der Waals surface area contributed by atoms with E-state index in [9.17, 15) is 12.8 Å². The lowest BCUT2D eigenvalue weighted by atomic mass is 10.1. The highest BCUT2D eigenvalue weighted by molar-refractivity contribution is 7.89. The van der Waals surface area contributed by atoms with Crippen molar-refractivity contribution in [3.63, 3.8) is 0 Å². The Morgan fingerprint density at radius 3 is 2.62 bits per heavy atom. The Morgan fingerprint density at radius 1 is 1.24 bits per heavy atom. The van der Waals surface area contributed by atoms with Gasteiger partial charge in [0.25, 0.3) is 10.0 Å². The summed E-state index contributed by atoms with van der Waals surface area (Å²) in [5.74, 6) is 0.0550. The fourth-order valence-electron chi connectivity index (χ4n) is 1.95. The molecule has 1 heterocycles. The second-order valence-electron chi connectivity index (χ2n) is 4.62. The molecule has 21 heavy (non-hydrogen) atoms. The van der Waals surface area contributed by atoms with Crippen molar-refractivity contribution in [1.29, 1.82) is 0 Å². The summed E-state index contributed by atoms with van der Waals surface area (Å²) < 4.78 is 45.7. The summed E-state index contributed by atoms with van der Waals surface area (Å²) in [6.07, 6.45) is 0. The zero-order chi connectivity index (χ0) is 15.5. The molecule has 0 aliphatic heterocycles. The Balaban J connectivity index is 2.18. The molecule has 2 N–H and O–H groups in total. The van der Waals surface area contributed by atoms with E-state index in [1.54, 1.807) is 32.2 Å². The first-order chi connectivity index (χ1) is 9.94.